The van der Waals surface area contributed by atoms with Crippen LogP contribution in [0.25, 0.3) is 0 Å². The molecular formula is C17H36N2O. The molecule has 20 heavy (non-hydrogen) atoms. The van der Waals surface area contributed by atoms with Crippen LogP contribution in [0.5, 0.6) is 0 Å². The molecule has 3 nitrogen and oxygen atoms in total. The zero-order valence-corrected chi connectivity index (χ0v) is 14.3. The zero-order chi connectivity index (χ0) is 15.2. The number of aliphatic hydroxyl groups excluding tert-OH is 1. The van der Waals surface area contributed by atoms with E-state index in [-0.39, 0.29) is 12.1 Å². The third kappa shape index (κ3) is 7.05. The number of hydrogen-bond acceptors (Lipinski definition) is 3. The van der Waals surface area contributed by atoms with Crippen molar-refractivity contribution in [1.82, 2.24) is 10.2 Å². The molecule has 1 aliphatic carbocycles. The van der Waals surface area contributed by atoms with Crippen molar-refractivity contribution in [3.05, 3.63) is 0 Å². The second kappa shape index (κ2) is 8.35. The lowest BCUT2D eigenvalue weighted by Crippen LogP contribution is -2.49. The smallest absolute Gasteiger partial charge is 0.0610 e. The molecule has 0 saturated heterocycles. The highest BCUT2D eigenvalue weighted by Crippen LogP contribution is 2.28. The summed E-state index contributed by atoms with van der Waals surface area (Å²) >= 11 is 0. The second-order valence-corrected chi connectivity index (χ2v) is 7.59. The first-order chi connectivity index (χ1) is 9.36. The Morgan fingerprint density at radius 3 is 2.30 bits per heavy atom. The van der Waals surface area contributed by atoms with Gasteiger partial charge in [0.05, 0.1) is 6.61 Å². The van der Waals surface area contributed by atoms with E-state index >= 15 is 0 Å². The summed E-state index contributed by atoms with van der Waals surface area (Å²) in [6, 6.07) is 1.30. The molecule has 120 valence electrons. The molecule has 1 unspecified atom stereocenters. The molecule has 1 aliphatic rings. The first-order valence-corrected chi connectivity index (χ1v) is 8.49. The highest BCUT2D eigenvalue weighted by molar-refractivity contribution is 4.86. The highest BCUT2D eigenvalue weighted by Gasteiger charge is 2.29. The molecule has 0 bridgehead atoms. The van der Waals surface area contributed by atoms with Crippen LogP contribution in [0.3, 0.4) is 0 Å². The molecule has 0 aromatic rings. The zero-order valence-electron chi connectivity index (χ0n) is 14.3. The quantitative estimate of drug-likeness (QED) is 0.573. The van der Waals surface area contributed by atoms with Crippen LogP contribution in [0.15, 0.2) is 0 Å². The minimum Gasteiger partial charge on any atom is -0.394 e. The average Bonchev–Trinajstić information content (AvgIpc) is 3.16. The molecule has 0 amide bonds. The maximum absolute atomic E-state index is 9.59. The lowest BCUT2D eigenvalue weighted by molar-refractivity contribution is 0.151. The van der Waals surface area contributed by atoms with Gasteiger partial charge in [-0.25, -0.2) is 0 Å². The van der Waals surface area contributed by atoms with Gasteiger partial charge in [-0.05, 0) is 45.1 Å². The summed E-state index contributed by atoms with van der Waals surface area (Å²) in [5, 5.41) is 13.1. The largest absolute Gasteiger partial charge is 0.394 e. The van der Waals surface area contributed by atoms with Crippen molar-refractivity contribution in [3.8, 4) is 0 Å². The van der Waals surface area contributed by atoms with Crippen LogP contribution in [0.1, 0.15) is 66.7 Å². The van der Waals surface area contributed by atoms with Crippen molar-refractivity contribution in [2.75, 3.05) is 19.7 Å². The van der Waals surface area contributed by atoms with Gasteiger partial charge < -0.3 is 15.3 Å². The summed E-state index contributed by atoms with van der Waals surface area (Å²) in [6.07, 6.45) is 6.30. The van der Waals surface area contributed by atoms with Gasteiger partial charge in [-0.3, -0.25) is 0 Å². The van der Waals surface area contributed by atoms with E-state index in [2.05, 4.69) is 44.8 Å². The molecule has 0 heterocycles. The van der Waals surface area contributed by atoms with Gasteiger partial charge in [-0.15, -0.1) is 0 Å². The molecule has 1 atom stereocenters. The summed E-state index contributed by atoms with van der Waals surface area (Å²) < 4.78 is 0. The van der Waals surface area contributed by atoms with Crippen LogP contribution >= 0.6 is 0 Å². The fourth-order valence-electron chi connectivity index (χ4n) is 3.06. The number of rotatable bonds is 11. The van der Waals surface area contributed by atoms with E-state index in [1.54, 1.807) is 0 Å². The standard InChI is InChI=1S/C17H36N2O/c1-14(2)12-19(16-8-9-16)11-7-6-10-17(5,13-20)18-15(3)4/h14-16,18,20H,6-13H2,1-5H3. The molecule has 1 rings (SSSR count). The Labute approximate surface area is 126 Å². The van der Waals surface area contributed by atoms with Gasteiger partial charge in [-0.2, -0.15) is 0 Å². The first kappa shape index (κ1) is 17.9. The molecule has 0 spiro atoms. The van der Waals surface area contributed by atoms with Gasteiger partial charge in [0.15, 0.2) is 0 Å². The number of nitrogens with zero attached hydrogens (tertiary/aromatic N) is 1. The van der Waals surface area contributed by atoms with Crippen molar-refractivity contribution in [3.63, 3.8) is 0 Å². The van der Waals surface area contributed by atoms with Crippen LogP contribution in [0.4, 0.5) is 0 Å². The highest BCUT2D eigenvalue weighted by atomic mass is 16.3. The molecular weight excluding hydrogens is 248 g/mol. The van der Waals surface area contributed by atoms with E-state index in [9.17, 15) is 5.11 Å². The van der Waals surface area contributed by atoms with Crippen molar-refractivity contribution < 1.29 is 5.11 Å². The Morgan fingerprint density at radius 1 is 1.20 bits per heavy atom. The summed E-state index contributed by atoms with van der Waals surface area (Å²) in [7, 11) is 0. The lowest BCUT2D eigenvalue weighted by atomic mass is 9.94. The van der Waals surface area contributed by atoms with Crippen LogP contribution in [0, 0.1) is 5.92 Å². The Bertz CT molecular complexity index is 264. The van der Waals surface area contributed by atoms with E-state index < -0.39 is 0 Å². The van der Waals surface area contributed by atoms with Gasteiger partial charge in [-0.1, -0.05) is 34.1 Å². The SMILES string of the molecule is CC(C)CN(CCCCC(C)(CO)NC(C)C)C1CC1. The van der Waals surface area contributed by atoms with E-state index in [0.717, 1.165) is 18.4 Å². The van der Waals surface area contributed by atoms with E-state index in [0.29, 0.717) is 6.04 Å². The van der Waals surface area contributed by atoms with Crippen molar-refractivity contribution in [2.24, 2.45) is 5.92 Å². The van der Waals surface area contributed by atoms with Gasteiger partial charge in [0.1, 0.15) is 0 Å². The summed E-state index contributed by atoms with van der Waals surface area (Å²) in [6.45, 7) is 13.7. The molecule has 1 fully saturated rings. The Kier molecular flexibility index (Phi) is 7.49. The van der Waals surface area contributed by atoms with Gasteiger partial charge >= 0.3 is 0 Å². The molecule has 0 aromatic carbocycles. The number of nitrogens with one attached hydrogen (secondary N) is 1. The fraction of sp³-hybridized carbons (Fsp3) is 1.00. The minimum atomic E-state index is -0.114. The second-order valence-electron chi connectivity index (χ2n) is 7.59. The topological polar surface area (TPSA) is 35.5 Å². The van der Waals surface area contributed by atoms with Crippen LogP contribution in [0.2, 0.25) is 0 Å². The monoisotopic (exact) mass is 284 g/mol. The maximum atomic E-state index is 9.59. The predicted molar refractivity (Wildman–Crippen MR) is 87.0 cm³/mol. The molecule has 0 aromatic heterocycles. The Balaban J connectivity index is 2.24. The number of hydrogen-bond donors (Lipinski definition) is 2. The summed E-state index contributed by atoms with van der Waals surface area (Å²) in [4.78, 5) is 2.68. The van der Waals surface area contributed by atoms with Crippen molar-refractivity contribution >= 4 is 0 Å². The predicted octanol–water partition coefficient (Wildman–Crippen LogP) is 3.03. The molecule has 2 N–H and O–H groups in total. The molecule has 0 radical (unpaired) electrons. The van der Waals surface area contributed by atoms with Crippen molar-refractivity contribution in [2.45, 2.75) is 84.3 Å². The number of aliphatic hydroxyl groups is 1. The Hall–Kier alpha value is -0.120. The van der Waals surface area contributed by atoms with Gasteiger partial charge in [0.25, 0.3) is 0 Å². The lowest BCUT2D eigenvalue weighted by Gasteiger charge is -2.31. The normalized spacial score (nSPS) is 19.1. The van der Waals surface area contributed by atoms with E-state index in [1.165, 1.54) is 38.8 Å². The average molecular weight is 284 g/mol. The maximum Gasteiger partial charge on any atom is 0.0610 e. The molecule has 1 saturated carbocycles. The van der Waals surface area contributed by atoms with Gasteiger partial charge in [0, 0.05) is 24.2 Å². The fourth-order valence-corrected chi connectivity index (χ4v) is 3.06. The molecule has 3 heteroatoms. The Morgan fingerprint density at radius 2 is 1.85 bits per heavy atom. The van der Waals surface area contributed by atoms with E-state index in [4.69, 9.17) is 0 Å². The van der Waals surface area contributed by atoms with Crippen molar-refractivity contribution in [1.29, 1.82) is 0 Å². The third-order valence-electron chi connectivity index (χ3n) is 4.07. The van der Waals surface area contributed by atoms with Crippen LogP contribution < -0.4 is 5.32 Å². The summed E-state index contributed by atoms with van der Waals surface area (Å²) in [5.41, 5.74) is -0.114. The van der Waals surface area contributed by atoms with Crippen LogP contribution in [-0.2, 0) is 0 Å². The third-order valence-corrected chi connectivity index (χ3v) is 4.07. The van der Waals surface area contributed by atoms with E-state index in [1.807, 2.05) is 0 Å². The summed E-state index contributed by atoms with van der Waals surface area (Å²) in [5.74, 6) is 0.765. The molecule has 0 aliphatic heterocycles. The van der Waals surface area contributed by atoms with Crippen LogP contribution in [-0.4, -0.2) is 47.3 Å². The minimum absolute atomic E-state index is 0.114. The first-order valence-electron chi connectivity index (χ1n) is 8.49. The number of unbranched alkanes of at least 4 members (excludes halogenated alkanes) is 1. The van der Waals surface area contributed by atoms with Gasteiger partial charge in [0.2, 0.25) is 0 Å².